The predicted octanol–water partition coefficient (Wildman–Crippen LogP) is 10.7. The average molecular weight is 1360 g/mol. The molecule has 2 fully saturated rings. The van der Waals surface area contributed by atoms with Crippen LogP contribution in [0.5, 0.6) is 23.0 Å². The van der Waals surface area contributed by atoms with Gasteiger partial charge in [-0.2, -0.15) is 0 Å². The highest BCUT2D eigenvalue weighted by atomic mass is 16.6. The van der Waals surface area contributed by atoms with Gasteiger partial charge < -0.3 is 66.9 Å². The number of rotatable bonds is 26. The van der Waals surface area contributed by atoms with Crippen LogP contribution in [-0.2, 0) is 63.8 Å². The van der Waals surface area contributed by atoms with Gasteiger partial charge in [0, 0.05) is 29.6 Å². The second-order valence-electron chi connectivity index (χ2n) is 30.3. The van der Waals surface area contributed by atoms with E-state index in [1.807, 2.05) is 0 Å². The van der Waals surface area contributed by atoms with Crippen LogP contribution in [0.15, 0.2) is 63.8 Å². The molecule has 2 saturated carbocycles. The van der Waals surface area contributed by atoms with Crippen LogP contribution in [0, 0.1) is 10.1 Å². The van der Waals surface area contributed by atoms with E-state index in [0.717, 1.165) is 0 Å². The summed E-state index contributed by atoms with van der Waals surface area (Å²) in [5.41, 5.74) is -6.48. The zero-order valence-electron chi connectivity index (χ0n) is 59.8. The molecular formula is C71H99N5O21. The first-order chi connectivity index (χ1) is 44.8. The Labute approximate surface area is 567 Å². The fourth-order valence-electron chi connectivity index (χ4n) is 11.0. The number of hydrogen-bond acceptors (Lipinski definition) is 24. The van der Waals surface area contributed by atoms with E-state index in [-0.39, 0.29) is 77.9 Å². The van der Waals surface area contributed by atoms with E-state index in [0.29, 0.717) is 61.8 Å². The Morgan fingerprint density at radius 1 is 0.526 bits per heavy atom. The molecular weight excluding hydrogens is 1260 g/mol. The van der Waals surface area contributed by atoms with E-state index in [9.17, 15) is 48.5 Å². The van der Waals surface area contributed by atoms with E-state index >= 15 is 0 Å². The van der Waals surface area contributed by atoms with Crippen molar-refractivity contribution in [3.8, 4) is 23.0 Å². The second-order valence-corrected chi connectivity index (χ2v) is 30.3. The third kappa shape index (κ3) is 25.4. The second kappa shape index (κ2) is 31.7. The molecule has 0 bridgehead atoms. The standard InChI is InChI=1S/C71H99N5O21/c1-66(2,3)92-58(77)36-73(37-59(78)93-67(4,5)6)46-26-24-45(25-27-46)72-64(83)49-31-43-23-28-48(34-55(43)91-65(49)84)88-42-44-32-52(75(40-62(81)96-70(13,14)15)41-63(82)97-71(16,17)18)57(35-51(44)76(85)86)90-54-22-20-21-53(54)89-56-33-47(87-19)29-30-50(56)74(38-60(79)94-68(7,8)9)39-61(80)95-69(10,11)12/h23,28-35,45-46,53-54H,20-22,24-27,36-42H2,1-19H3,(H,72,83)/t45?,46?,53-,54+/m1/s1. The van der Waals surface area contributed by atoms with Crippen LogP contribution in [0.1, 0.15) is 185 Å². The van der Waals surface area contributed by atoms with E-state index in [2.05, 4.69) is 5.32 Å². The highest BCUT2D eigenvalue weighted by Crippen LogP contribution is 2.42. The van der Waals surface area contributed by atoms with Crippen molar-refractivity contribution < 1.29 is 90.3 Å². The average Bonchev–Trinajstić information content (AvgIpc) is 0.966. The van der Waals surface area contributed by atoms with Crippen LogP contribution in [0.3, 0.4) is 0 Å². The molecule has 4 aromatic rings. The molecule has 2 aliphatic carbocycles. The molecule has 1 N–H and O–H groups in total. The van der Waals surface area contributed by atoms with Crippen molar-refractivity contribution in [2.75, 3.05) is 56.2 Å². The van der Waals surface area contributed by atoms with Gasteiger partial charge in [-0.25, -0.2) is 4.79 Å². The number of ether oxygens (including phenoxy) is 10. The quantitative estimate of drug-likeness (QED) is 0.0201. The topological polar surface area (TPSA) is 307 Å². The number of methoxy groups -OCH3 is 1. The molecule has 2 atom stereocenters. The molecule has 6 rings (SSSR count). The van der Waals surface area contributed by atoms with Crippen molar-refractivity contribution in [2.45, 2.75) is 234 Å². The summed E-state index contributed by atoms with van der Waals surface area (Å²) in [6, 6.07) is 12.7. The number of nitro benzene ring substituents is 1. The van der Waals surface area contributed by atoms with Gasteiger partial charge >= 0.3 is 41.4 Å². The number of carbonyl (C=O) groups is 7. The van der Waals surface area contributed by atoms with Gasteiger partial charge in [0.2, 0.25) is 0 Å². The third-order valence-electron chi connectivity index (χ3n) is 14.5. The van der Waals surface area contributed by atoms with Gasteiger partial charge in [0.25, 0.3) is 11.6 Å². The van der Waals surface area contributed by atoms with Crippen molar-refractivity contribution in [2.24, 2.45) is 0 Å². The Balaban J connectivity index is 1.30. The maximum atomic E-state index is 13.9. The van der Waals surface area contributed by atoms with Crippen molar-refractivity contribution in [3.63, 3.8) is 0 Å². The molecule has 97 heavy (non-hydrogen) atoms. The first-order valence-corrected chi connectivity index (χ1v) is 32.7. The van der Waals surface area contributed by atoms with E-state index < -0.39 is 123 Å². The largest absolute Gasteiger partial charge is 0.497 e. The Bertz CT molecular complexity index is 3460. The Hall–Kier alpha value is -8.68. The maximum Gasteiger partial charge on any atom is 0.349 e. The molecule has 0 unspecified atom stereocenters. The van der Waals surface area contributed by atoms with Gasteiger partial charge in [0.15, 0.2) is 0 Å². The van der Waals surface area contributed by atoms with Gasteiger partial charge in [-0.05, 0) is 206 Å². The molecule has 0 aliphatic heterocycles. The number of esters is 6. The van der Waals surface area contributed by atoms with E-state index in [1.54, 1.807) is 154 Å². The van der Waals surface area contributed by atoms with E-state index in [1.165, 1.54) is 47.2 Å². The summed E-state index contributed by atoms with van der Waals surface area (Å²) in [7, 11) is 1.46. The first kappa shape index (κ1) is 77.3. The summed E-state index contributed by atoms with van der Waals surface area (Å²) in [6.45, 7) is 28.3. The van der Waals surface area contributed by atoms with Gasteiger partial charge in [0.05, 0.1) is 48.1 Å². The number of nitrogens with zero attached hydrogens (tertiary/aromatic N) is 4. The lowest BCUT2D eigenvalue weighted by molar-refractivity contribution is -0.385. The zero-order valence-corrected chi connectivity index (χ0v) is 59.8. The lowest BCUT2D eigenvalue weighted by atomic mass is 9.90. The fourth-order valence-corrected chi connectivity index (χ4v) is 11.0. The molecule has 0 radical (unpaired) electrons. The fraction of sp³-hybridized carbons (Fsp3) is 0.606. The normalized spacial score (nSPS) is 16.9. The summed E-state index contributed by atoms with van der Waals surface area (Å²) in [5, 5.41) is 16.6. The number of carbonyl (C=O) groups excluding carboxylic acids is 7. The lowest BCUT2D eigenvalue weighted by Gasteiger charge is -2.37. The Kier molecular flexibility index (Phi) is 25.3. The molecule has 26 heteroatoms. The number of fused-ring (bicyclic) bond motifs is 1. The van der Waals surface area contributed by atoms with Crippen LogP contribution < -0.4 is 39.7 Å². The van der Waals surface area contributed by atoms with Crippen LogP contribution in [0.2, 0.25) is 0 Å². The minimum absolute atomic E-state index is 0.0302. The zero-order chi connectivity index (χ0) is 72.3. The summed E-state index contributed by atoms with van der Waals surface area (Å²) in [4.78, 5) is 125. The predicted molar refractivity (Wildman–Crippen MR) is 360 cm³/mol. The Morgan fingerprint density at radius 2 is 0.948 bits per heavy atom. The van der Waals surface area contributed by atoms with Crippen LogP contribution in [0.4, 0.5) is 17.1 Å². The molecule has 0 spiro atoms. The minimum atomic E-state index is -0.970. The number of nitro groups is 1. The van der Waals surface area contributed by atoms with Crippen molar-refractivity contribution in [1.29, 1.82) is 0 Å². The molecule has 1 amide bonds. The highest BCUT2D eigenvalue weighted by molar-refractivity contribution is 5.97. The summed E-state index contributed by atoms with van der Waals surface area (Å²) < 4.78 is 65.1. The molecule has 0 saturated heterocycles. The third-order valence-corrected chi connectivity index (χ3v) is 14.5. The van der Waals surface area contributed by atoms with Crippen LogP contribution >= 0.6 is 0 Å². The number of nitrogens with one attached hydrogen (secondary N) is 1. The van der Waals surface area contributed by atoms with Gasteiger partial charge in [-0.15, -0.1) is 0 Å². The number of benzene rings is 3. The lowest BCUT2D eigenvalue weighted by Crippen LogP contribution is -2.49. The maximum absolute atomic E-state index is 13.9. The van der Waals surface area contributed by atoms with Crippen molar-refractivity contribution in [1.82, 2.24) is 10.2 Å². The van der Waals surface area contributed by atoms with Gasteiger partial charge in [-0.1, -0.05) is 0 Å². The van der Waals surface area contributed by atoms with Crippen LogP contribution in [-0.4, -0.2) is 156 Å². The van der Waals surface area contributed by atoms with Gasteiger partial charge in [-0.3, -0.25) is 48.6 Å². The van der Waals surface area contributed by atoms with Crippen molar-refractivity contribution >= 4 is 69.8 Å². The molecule has 3 aromatic carbocycles. The number of amides is 1. The molecule has 2 aliphatic rings. The monoisotopic (exact) mass is 1360 g/mol. The summed E-state index contributed by atoms with van der Waals surface area (Å²) in [5.74, 6) is -3.89. The van der Waals surface area contributed by atoms with Crippen LogP contribution in [0.25, 0.3) is 11.0 Å². The summed E-state index contributed by atoms with van der Waals surface area (Å²) in [6.07, 6.45) is 1.59. The molecule has 1 aromatic heterocycles. The molecule has 534 valence electrons. The SMILES string of the molecule is COc1ccc(N(CC(=O)OC(C)(C)C)CC(=O)OC(C)(C)C)c(O[C@@H]2CCC[C@@H]2Oc2cc([N+](=O)[O-])c(COc3ccc4cc(C(=O)NC5CCC(N(CC(=O)OC(C)(C)C)CC(=O)OC(C)(C)C)CC5)c(=O)oc4c3)cc2N(CC(=O)OC(C)(C)C)CC(=O)OC(C)(C)C)c1. The molecule has 26 nitrogen and oxygen atoms in total. The summed E-state index contributed by atoms with van der Waals surface area (Å²) >= 11 is 0. The first-order valence-electron chi connectivity index (χ1n) is 32.7. The number of anilines is 2. The highest BCUT2D eigenvalue weighted by Gasteiger charge is 2.38. The molecule has 1 heterocycles. The minimum Gasteiger partial charge on any atom is -0.497 e. The smallest absolute Gasteiger partial charge is 0.349 e. The van der Waals surface area contributed by atoms with Crippen molar-refractivity contribution in [3.05, 3.63) is 86.3 Å². The van der Waals surface area contributed by atoms with E-state index in [4.69, 9.17) is 51.8 Å². The van der Waals surface area contributed by atoms with Gasteiger partial charge in [0.1, 0.15) is 113 Å². The number of hydrogen-bond donors (Lipinski definition) is 1. The Morgan fingerprint density at radius 3 is 1.38 bits per heavy atom.